The number of hydrogen-bond acceptors (Lipinski definition) is 3. The van der Waals surface area contributed by atoms with Gasteiger partial charge in [0, 0.05) is 56.2 Å². The highest BCUT2D eigenvalue weighted by atomic mass is 16.3. The van der Waals surface area contributed by atoms with Gasteiger partial charge in [0.2, 0.25) is 0 Å². The summed E-state index contributed by atoms with van der Waals surface area (Å²) in [5.74, 6) is 0. The fraction of sp³-hybridized carbons (Fsp3) is 0. The van der Waals surface area contributed by atoms with Gasteiger partial charge in [-0.1, -0.05) is 146 Å². The lowest BCUT2D eigenvalue weighted by molar-refractivity contribution is 0.668. The molecule has 0 atom stereocenters. The minimum atomic E-state index is 0.428. The number of fused-ring (bicyclic) bond motifs is 6. The van der Waals surface area contributed by atoms with Crippen molar-refractivity contribution in [3.05, 3.63) is 205 Å². The predicted octanol–water partition coefficient (Wildman–Crippen LogP) is 13.0. The summed E-state index contributed by atoms with van der Waals surface area (Å²) >= 11 is 0. The van der Waals surface area contributed by atoms with Crippen molar-refractivity contribution in [1.82, 2.24) is 4.57 Å². The second-order valence-electron chi connectivity index (χ2n) is 13.5. The van der Waals surface area contributed by atoms with Gasteiger partial charge in [0.15, 0.2) is 0 Å². The van der Waals surface area contributed by atoms with Gasteiger partial charge >= 0.3 is 0 Å². The molecule has 0 unspecified atom stereocenters. The molecule has 10 rings (SSSR count). The van der Waals surface area contributed by atoms with Gasteiger partial charge in [-0.15, -0.1) is 0 Å². The first-order chi connectivity index (χ1) is 26.7. The molecule has 0 spiro atoms. The second-order valence-corrected chi connectivity index (χ2v) is 13.5. The fourth-order valence-corrected chi connectivity index (χ4v) is 7.72. The maximum absolute atomic E-state index is 8.75. The van der Waals surface area contributed by atoms with Crippen molar-refractivity contribution in [1.29, 1.82) is 5.41 Å². The molecular weight excluding hydrogens is 659 g/mol. The number of aliphatic imine (C=N–C) groups is 1. The van der Waals surface area contributed by atoms with Crippen LogP contribution in [0.5, 0.6) is 0 Å². The SMILES string of the molecule is N=C1C=CC=C/C1=C(/N=Cc1cccc2oc3cc(-n4c5ccccc5c5ccc(-c6ccccc6)cc54)ccc3c12)c1ccc(-c2ccccc2)cc1. The van der Waals surface area contributed by atoms with Crippen LogP contribution in [0.1, 0.15) is 11.1 Å². The van der Waals surface area contributed by atoms with E-state index in [1.165, 1.54) is 21.9 Å². The summed E-state index contributed by atoms with van der Waals surface area (Å²) in [5.41, 5.74) is 13.4. The van der Waals surface area contributed by atoms with Crippen molar-refractivity contribution >= 4 is 61.4 Å². The average Bonchev–Trinajstić information content (AvgIpc) is 3.78. The normalized spacial score (nSPS) is 14.0. The smallest absolute Gasteiger partial charge is 0.137 e. The standard InChI is InChI=1S/C50H33N3O/c51-44-19-9-7-18-42(44)50(36-24-22-35(23-25-36)33-12-3-1-4-13-33)52-32-38-16-11-21-47-49(38)43-29-27-39(31-48(43)54-47)53-45-20-10-8-17-40(45)41-28-26-37(30-46(41)53)34-14-5-2-6-15-34/h1-32,51H/b50-42-,51-44?,52-32?. The molecule has 54 heavy (non-hydrogen) atoms. The van der Waals surface area contributed by atoms with E-state index in [0.717, 1.165) is 72.2 Å². The molecule has 2 heterocycles. The molecule has 1 aliphatic carbocycles. The quantitative estimate of drug-likeness (QED) is 0.173. The number of rotatable bonds is 6. The summed E-state index contributed by atoms with van der Waals surface area (Å²) in [6.07, 6.45) is 9.54. The number of benzene rings is 7. The van der Waals surface area contributed by atoms with Crippen molar-refractivity contribution in [3.63, 3.8) is 0 Å². The largest absolute Gasteiger partial charge is 0.456 e. The van der Waals surface area contributed by atoms with Crippen LogP contribution in [0.2, 0.25) is 0 Å². The molecule has 254 valence electrons. The highest BCUT2D eigenvalue weighted by molar-refractivity contribution is 6.17. The molecule has 4 nitrogen and oxygen atoms in total. The van der Waals surface area contributed by atoms with Crippen LogP contribution in [0.25, 0.3) is 77.4 Å². The summed E-state index contributed by atoms with van der Waals surface area (Å²) in [7, 11) is 0. The van der Waals surface area contributed by atoms with Gasteiger partial charge in [0.1, 0.15) is 11.2 Å². The Morgan fingerprint density at radius 2 is 1.20 bits per heavy atom. The number of aromatic nitrogens is 1. The summed E-state index contributed by atoms with van der Waals surface area (Å²) in [4.78, 5) is 5.12. The topological polar surface area (TPSA) is 54.3 Å². The van der Waals surface area contributed by atoms with Gasteiger partial charge in [0.05, 0.1) is 22.4 Å². The van der Waals surface area contributed by atoms with E-state index in [-0.39, 0.29) is 0 Å². The number of para-hydroxylation sites is 1. The molecule has 0 saturated heterocycles. The third-order valence-corrected chi connectivity index (χ3v) is 10.3. The predicted molar refractivity (Wildman–Crippen MR) is 226 cm³/mol. The van der Waals surface area contributed by atoms with Crippen molar-refractivity contribution in [2.24, 2.45) is 4.99 Å². The molecule has 0 aliphatic heterocycles. The first-order valence-electron chi connectivity index (χ1n) is 18.1. The van der Waals surface area contributed by atoms with E-state index in [9.17, 15) is 0 Å². The summed E-state index contributed by atoms with van der Waals surface area (Å²) in [5, 5.41) is 13.2. The molecule has 0 radical (unpaired) electrons. The van der Waals surface area contributed by atoms with Crippen molar-refractivity contribution in [3.8, 4) is 27.9 Å². The molecule has 1 N–H and O–H groups in total. The minimum absolute atomic E-state index is 0.428. The maximum Gasteiger partial charge on any atom is 0.137 e. The third-order valence-electron chi connectivity index (χ3n) is 10.3. The van der Waals surface area contributed by atoms with Crippen LogP contribution in [-0.4, -0.2) is 16.5 Å². The van der Waals surface area contributed by atoms with E-state index in [2.05, 4.69) is 150 Å². The molecule has 0 amide bonds. The number of nitrogens with zero attached hydrogens (tertiary/aromatic N) is 2. The van der Waals surface area contributed by atoms with Gasteiger partial charge < -0.3 is 14.4 Å². The lowest BCUT2D eigenvalue weighted by Crippen LogP contribution is -2.02. The van der Waals surface area contributed by atoms with Crippen LogP contribution in [-0.2, 0) is 0 Å². The van der Waals surface area contributed by atoms with Crippen molar-refractivity contribution in [2.45, 2.75) is 0 Å². The molecule has 2 aromatic heterocycles. The first kappa shape index (κ1) is 31.4. The lowest BCUT2D eigenvalue weighted by atomic mass is 9.97. The summed E-state index contributed by atoms with van der Waals surface area (Å²) < 4.78 is 8.93. The summed E-state index contributed by atoms with van der Waals surface area (Å²) in [6.45, 7) is 0. The average molecular weight is 692 g/mol. The van der Waals surface area contributed by atoms with Gasteiger partial charge in [0.25, 0.3) is 0 Å². The highest BCUT2D eigenvalue weighted by Gasteiger charge is 2.17. The molecule has 0 saturated carbocycles. The highest BCUT2D eigenvalue weighted by Crippen LogP contribution is 2.38. The Bertz CT molecular complexity index is 3030. The number of furan rings is 1. The molecule has 7 aromatic carbocycles. The Morgan fingerprint density at radius 3 is 2.00 bits per heavy atom. The van der Waals surface area contributed by atoms with Crippen molar-refractivity contribution < 1.29 is 4.42 Å². The van der Waals surface area contributed by atoms with Crippen LogP contribution in [0.15, 0.2) is 203 Å². The van der Waals surface area contributed by atoms with E-state index in [1.807, 2.05) is 48.7 Å². The molecule has 0 fully saturated rings. The Labute approximate surface area is 312 Å². The zero-order chi connectivity index (χ0) is 36.0. The van der Waals surface area contributed by atoms with E-state index < -0.39 is 0 Å². The van der Waals surface area contributed by atoms with Crippen LogP contribution in [0, 0.1) is 5.41 Å². The van der Waals surface area contributed by atoms with E-state index in [1.54, 1.807) is 0 Å². The molecule has 0 bridgehead atoms. The Morgan fingerprint density at radius 1 is 0.537 bits per heavy atom. The molecule has 9 aromatic rings. The van der Waals surface area contributed by atoms with Crippen molar-refractivity contribution in [2.75, 3.05) is 0 Å². The van der Waals surface area contributed by atoms with E-state index >= 15 is 0 Å². The minimum Gasteiger partial charge on any atom is -0.456 e. The first-order valence-corrected chi connectivity index (χ1v) is 18.1. The van der Waals surface area contributed by atoms with Crippen LogP contribution in [0.4, 0.5) is 0 Å². The number of allylic oxidation sites excluding steroid dienone is 5. The van der Waals surface area contributed by atoms with Gasteiger partial charge in [-0.3, -0.25) is 4.99 Å². The molecule has 1 aliphatic rings. The lowest BCUT2D eigenvalue weighted by Gasteiger charge is -2.12. The molecular formula is C50H33N3O. The Balaban J connectivity index is 1.08. The van der Waals surface area contributed by atoms with E-state index in [0.29, 0.717) is 5.71 Å². The fourth-order valence-electron chi connectivity index (χ4n) is 7.72. The van der Waals surface area contributed by atoms with Crippen LogP contribution >= 0.6 is 0 Å². The number of hydrogen-bond donors (Lipinski definition) is 1. The monoisotopic (exact) mass is 691 g/mol. The maximum atomic E-state index is 8.75. The van der Waals surface area contributed by atoms with E-state index in [4.69, 9.17) is 14.8 Å². The van der Waals surface area contributed by atoms with Crippen LogP contribution in [0.3, 0.4) is 0 Å². The second kappa shape index (κ2) is 13.0. The zero-order valence-electron chi connectivity index (χ0n) is 29.3. The zero-order valence-corrected chi connectivity index (χ0v) is 29.3. The van der Waals surface area contributed by atoms with Crippen LogP contribution < -0.4 is 0 Å². The Hall–Kier alpha value is -7.30. The Kier molecular flexibility index (Phi) is 7.59. The molecule has 4 heteroatoms. The third kappa shape index (κ3) is 5.40. The number of nitrogens with one attached hydrogen (secondary N) is 1. The van der Waals surface area contributed by atoms with Gasteiger partial charge in [-0.25, -0.2) is 0 Å². The van der Waals surface area contributed by atoms with Gasteiger partial charge in [-0.05, 0) is 58.7 Å². The summed E-state index contributed by atoms with van der Waals surface area (Å²) in [6, 6.07) is 57.3. The van der Waals surface area contributed by atoms with Gasteiger partial charge in [-0.2, -0.15) is 0 Å².